The summed E-state index contributed by atoms with van der Waals surface area (Å²) < 4.78 is 0. The van der Waals surface area contributed by atoms with Gasteiger partial charge in [-0.2, -0.15) is 12.1 Å². The topological polar surface area (TPSA) is 0 Å². The van der Waals surface area contributed by atoms with Gasteiger partial charge in [-0.25, -0.2) is 0 Å². The third-order valence-corrected chi connectivity index (χ3v) is 5.58. The van der Waals surface area contributed by atoms with Crippen molar-refractivity contribution in [3.8, 4) is 0 Å². The van der Waals surface area contributed by atoms with Crippen molar-refractivity contribution in [3.63, 3.8) is 0 Å². The average molecular weight is 505 g/mol. The van der Waals surface area contributed by atoms with Crippen molar-refractivity contribution in [2.75, 3.05) is 0 Å². The van der Waals surface area contributed by atoms with E-state index in [9.17, 15) is 0 Å². The molecule has 0 nitrogen and oxygen atoms in total. The van der Waals surface area contributed by atoms with Crippen LogP contribution in [0.5, 0.6) is 0 Å². The third-order valence-electron chi connectivity index (χ3n) is 5.58. The second kappa shape index (κ2) is 11.5. The van der Waals surface area contributed by atoms with Crippen LogP contribution in [0, 0.1) is 27.7 Å². The van der Waals surface area contributed by atoms with Gasteiger partial charge in [-0.15, -0.1) is 68.1 Å². The SMILES string of the molecule is CCc1cc2c(C)ccc(C)c2[cH-]1.CCc1cc2c(C)ccc(C)c2[cH-]1.[Cl][Zr+2][Cl]. The predicted octanol–water partition coefficient (Wildman–Crippen LogP) is 8.85. The van der Waals surface area contributed by atoms with Crippen LogP contribution in [0.15, 0.2) is 48.5 Å². The number of aryl methyl sites for hydroxylation is 6. The Balaban J connectivity index is 0.000000183. The summed E-state index contributed by atoms with van der Waals surface area (Å²) in [5.41, 5.74) is 8.46. The number of benzene rings is 2. The van der Waals surface area contributed by atoms with E-state index in [0.29, 0.717) is 0 Å². The molecule has 0 aliphatic heterocycles. The number of halogens is 2. The van der Waals surface area contributed by atoms with Gasteiger partial charge in [-0.3, -0.25) is 0 Å². The Bertz CT molecular complexity index is 905. The average Bonchev–Trinajstić information content (AvgIpc) is 3.35. The van der Waals surface area contributed by atoms with E-state index in [4.69, 9.17) is 17.0 Å². The first-order valence-electron chi connectivity index (χ1n) is 10.1. The van der Waals surface area contributed by atoms with Crippen LogP contribution < -0.4 is 0 Å². The summed E-state index contributed by atoms with van der Waals surface area (Å²) in [6.07, 6.45) is 2.26. The molecule has 0 aromatic heterocycles. The molecule has 0 fully saturated rings. The van der Waals surface area contributed by atoms with E-state index in [0.717, 1.165) is 12.8 Å². The Morgan fingerprint density at radius 3 is 1.24 bits per heavy atom. The zero-order chi connectivity index (χ0) is 21.6. The first kappa shape index (κ1) is 24.4. The van der Waals surface area contributed by atoms with Gasteiger partial charge in [0.15, 0.2) is 0 Å². The summed E-state index contributed by atoms with van der Waals surface area (Å²) in [4.78, 5) is 0. The first-order valence-corrected chi connectivity index (χ1v) is 16.5. The first-order chi connectivity index (χ1) is 13.9. The maximum absolute atomic E-state index is 4.93. The van der Waals surface area contributed by atoms with Gasteiger partial charge in [-0.05, 0) is 26.7 Å². The van der Waals surface area contributed by atoms with E-state index in [-0.39, 0.29) is 0 Å². The van der Waals surface area contributed by atoms with E-state index in [1.807, 2.05) is 0 Å². The molecule has 0 N–H and O–H groups in total. The molecule has 0 aliphatic carbocycles. The Hall–Kier alpha value is -0.877. The quantitative estimate of drug-likeness (QED) is 0.239. The van der Waals surface area contributed by atoms with Gasteiger partial charge in [-0.1, -0.05) is 51.0 Å². The molecule has 29 heavy (non-hydrogen) atoms. The van der Waals surface area contributed by atoms with Gasteiger partial charge in [0.05, 0.1) is 0 Å². The van der Waals surface area contributed by atoms with Crippen molar-refractivity contribution in [1.29, 1.82) is 0 Å². The van der Waals surface area contributed by atoms with Gasteiger partial charge in [0.2, 0.25) is 0 Å². The van der Waals surface area contributed by atoms with E-state index in [2.05, 4.69) is 90.1 Å². The fraction of sp³-hybridized carbons (Fsp3) is 0.308. The maximum atomic E-state index is 4.93. The zero-order valence-corrected chi connectivity index (χ0v) is 22.3. The van der Waals surface area contributed by atoms with Crippen molar-refractivity contribution < 1.29 is 20.8 Å². The molecule has 4 aromatic carbocycles. The van der Waals surface area contributed by atoms with Crippen LogP contribution in [-0.4, -0.2) is 0 Å². The molecule has 4 aromatic rings. The van der Waals surface area contributed by atoms with Crippen LogP contribution in [0.3, 0.4) is 0 Å². The predicted molar refractivity (Wildman–Crippen MR) is 128 cm³/mol. The number of rotatable bonds is 2. The molecule has 0 spiro atoms. The standard InChI is InChI=1S/2C13H15.2ClH.Zr/c2*1-4-11-7-12-9(2)5-6-10(3)13(12)8-11;;;/h2*5-8H,4H2,1-3H3;2*1H;/q2*-1;;;+4/p-2. The van der Waals surface area contributed by atoms with Crippen LogP contribution >= 0.6 is 17.0 Å². The van der Waals surface area contributed by atoms with Crippen LogP contribution in [0.25, 0.3) is 21.5 Å². The molecule has 0 bridgehead atoms. The van der Waals surface area contributed by atoms with Crippen molar-refractivity contribution in [2.45, 2.75) is 54.4 Å². The van der Waals surface area contributed by atoms with Crippen LogP contribution in [0.4, 0.5) is 0 Å². The molecule has 0 aliphatic rings. The van der Waals surface area contributed by atoms with Crippen molar-refractivity contribution >= 4 is 38.6 Å². The molecule has 4 rings (SSSR count). The summed E-state index contributed by atoms with van der Waals surface area (Å²) in [6.45, 7) is 13.1. The van der Waals surface area contributed by atoms with Gasteiger partial charge >= 0.3 is 37.9 Å². The summed E-state index contributed by atoms with van der Waals surface area (Å²) >= 11 is -0.826. The Morgan fingerprint density at radius 1 is 0.655 bits per heavy atom. The number of fused-ring (bicyclic) bond motifs is 2. The molecule has 0 atom stereocenters. The molecule has 152 valence electrons. The molecule has 0 amide bonds. The minimum absolute atomic E-state index is 0.826. The van der Waals surface area contributed by atoms with Crippen LogP contribution in [0.1, 0.15) is 47.2 Å². The summed E-state index contributed by atoms with van der Waals surface area (Å²) in [7, 11) is 9.87. The van der Waals surface area contributed by atoms with Crippen molar-refractivity contribution in [2.24, 2.45) is 0 Å². The Kier molecular flexibility index (Phi) is 9.67. The Labute approximate surface area is 194 Å². The zero-order valence-electron chi connectivity index (χ0n) is 18.3. The molecular weight excluding hydrogens is 474 g/mol. The van der Waals surface area contributed by atoms with Crippen molar-refractivity contribution in [3.05, 3.63) is 81.9 Å². The van der Waals surface area contributed by atoms with Gasteiger partial charge in [0, 0.05) is 0 Å². The second-order valence-electron chi connectivity index (χ2n) is 7.56. The third kappa shape index (κ3) is 6.07. The molecule has 0 saturated carbocycles. The van der Waals surface area contributed by atoms with E-state index in [1.165, 1.54) is 54.9 Å². The molecule has 0 unspecified atom stereocenters. The fourth-order valence-corrected chi connectivity index (χ4v) is 3.71. The molecule has 0 radical (unpaired) electrons. The monoisotopic (exact) mass is 502 g/mol. The Morgan fingerprint density at radius 2 is 0.966 bits per heavy atom. The van der Waals surface area contributed by atoms with E-state index in [1.54, 1.807) is 0 Å². The van der Waals surface area contributed by atoms with E-state index >= 15 is 0 Å². The normalized spacial score (nSPS) is 10.2. The molecule has 0 heterocycles. The summed E-state index contributed by atoms with van der Waals surface area (Å²) in [5, 5.41) is 5.71. The summed E-state index contributed by atoms with van der Waals surface area (Å²) in [5.74, 6) is 0. The van der Waals surface area contributed by atoms with Gasteiger partial charge < -0.3 is 0 Å². The number of hydrogen-bond acceptors (Lipinski definition) is 0. The summed E-state index contributed by atoms with van der Waals surface area (Å²) in [6, 6.07) is 18.1. The van der Waals surface area contributed by atoms with Crippen LogP contribution in [-0.2, 0) is 33.7 Å². The number of hydrogen-bond donors (Lipinski definition) is 0. The van der Waals surface area contributed by atoms with E-state index < -0.39 is 20.8 Å². The minimum atomic E-state index is -0.826. The van der Waals surface area contributed by atoms with Crippen LogP contribution in [0.2, 0.25) is 0 Å². The molecule has 0 saturated heterocycles. The molecular formula is C26H30Cl2Zr. The van der Waals surface area contributed by atoms with Gasteiger partial charge in [0.25, 0.3) is 0 Å². The fourth-order valence-electron chi connectivity index (χ4n) is 3.71. The second-order valence-corrected chi connectivity index (χ2v) is 11.3. The van der Waals surface area contributed by atoms with Crippen molar-refractivity contribution in [1.82, 2.24) is 0 Å². The molecule has 3 heteroatoms. The van der Waals surface area contributed by atoms with Gasteiger partial charge in [0.1, 0.15) is 0 Å².